The van der Waals surface area contributed by atoms with Gasteiger partial charge in [-0.15, -0.1) is 0 Å². The van der Waals surface area contributed by atoms with Crippen LogP contribution in [0.2, 0.25) is 0 Å². The van der Waals surface area contributed by atoms with Gasteiger partial charge in [0.2, 0.25) is 0 Å². The first-order chi connectivity index (χ1) is 17.0. The molecule has 0 amide bonds. The molecule has 0 saturated heterocycles. The lowest BCUT2D eigenvalue weighted by atomic mass is 9.70. The van der Waals surface area contributed by atoms with Crippen molar-refractivity contribution >= 4 is 0 Å². The minimum atomic E-state index is -0.169. The van der Waals surface area contributed by atoms with Gasteiger partial charge >= 0.3 is 0 Å². The minimum absolute atomic E-state index is 0.0239. The van der Waals surface area contributed by atoms with E-state index in [9.17, 15) is 15.3 Å². The number of phenolic OH excluding ortho intramolecular Hbond substituents is 3. The number of nitrogens with zero attached hydrogens (tertiary/aromatic N) is 1. The summed E-state index contributed by atoms with van der Waals surface area (Å²) < 4.78 is 0. The highest BCUT2D eigenvalue weighted by molar-refractivity contribution is 5.35. The summed E-state index contributed by atoms with van der Waals surface area (Å²) in [7, 11) is 0. The van der Waals surface area contributed by atoms with Crippen molar-refractivity contribution in [2.75, 3.05) is 0 Å². The quantitative estimate of drug-likeness (QED) is 0.314. The Morgan fingerprint density at radius 3 is 0.757 bits per heavy atom. The summed E-state index contributed by atoms with van der Waals surface area (Å²) in [5.41, 5.74) is 2.89. The van der Waals surface area contributed by atoms with Gasteiger partial charge in [-0.25, -0.2) is 0 Å². The zero-order valence-corrected chi connectivity index (χ0v) is 23.9. The third-order valence-corrected chi connectivity index (χ3v) is 6.98. The van der Waals surface area contributed by atoms with Gasteiger partial charge in [-0.05, 0) is 69.3 Å². The molecule has 3 rings (SSSR count). The van der Waals surface area contributed by atoms with E-state index in [0.29, 0.717) is 0 Å². The van der Waals surface area contributed by atoms with Crippen LogP contribution in [-0.2, 0) is 0 Å². The Morgan fingerprint density at radius 1 is 0.405 bits per heavy atom. The highest BCUT2D eigenvalue weighted by Crippen LogP contribution is 2.55. The molecule has 0 aliphatic carbocycles. The Bertz CT molecular complexity index is 994. The van der Waals surface area contributed by atoms with E-state index < -0.39 is 0 Å². The normalized spacial score (nSPS) is 15.4. The van der Waals surface area contributed by atoms with Crippen molar-refractivity contribution in [3.05, 3.63) is 89.5 Å². The number of aromatic hydroxyl groups is 3. The molecule has 4 nitrogen and oxygen atoms in total. The van der Waals surface area contributed by atoms with Gasteiger partial charge in [0.15, 0.2) is 0 Å². The Hall–Kier alpha value is -2.98. The van der Waals surface area contributed by atoms with E-state index in [4.69, 9.17) is 0 Å². The molecule has 0 heterocycles. The molecule has 0 fully saturated rings. The van der Waals surface area contributed by atoms with Crippen molar-refractivity contribution in [3.63, 3.8) is 0 Å². The van der Waals surface area contributed by atoms with Crippen LogP contribution in [0, 0.1) is 16.2 Å². The maximum absolute atomic E-state index is 10.1. The first-order valence-electron chi connectivity index (χ1n) is 13.1. The zero-order chi connectivity index (χ0) is 27.8. The predicted molar refractivity (Wildman–Crippen MR) is 153 cm³/mol. The molecule has 4 heteroatoms. The van der Waals surface area contributed by atoms with Gasteiger partial charge in [0.05, 0.1) is 0 Å². The molecular formula is C33H45NO3. The average Bonchev–Trinajstić information content (AvgIpc) is 2.75. The van der Waals surface area contributed by atoms with E-state index >= 15 is 0 Å². The molecule has 3 unspecified atom stereocenters. The third kappa shape index (κ3) is 6.67. The minimum Gasteiger partial charge on any atom is -0.508 e. The van der Waals surface area contributed by atoms with E-state index in [-0.39, 0.29) is 51.6 Å². The fourth-order valence-corrected chi connectivity index (χ4v) is 5.78. The molecule has 3 atom stereocenters. The van der Waals surface area contributed by atoms with Gasteiger partial charge in [-0.1, -0.05) is 98.7 Å². The van der Waals surface area contributed by atoms with Gasteiger partial charge in [-0.2, -0.15) is 0 Å². The van der Waals surface area contributed by atoms with Crippen LogP contribution < -0.4 is 0 Å². The first-order valence-corrected chi connectivity index (χ1v) is 13.1. The van der Waals surface area contributed by atoms with Crippen molar-refractivity contribution < 1.29 is 15.3 Å². The summed E-state index contributed by atoms with van der Waals surface area (Å²) in [6.07, 6.45) is 0. The summed E-state index contributed by atoms with van der Waals surface area (Å²) in [4.78, 5) is 2.64. The van der Waals surface area contributed by atoms with Crippen LogP contribution >= 0.6 is 0 Å². The summed E-state index contributed by atoms with van der Waals surface area (Å²) >= 11 is 0. The van der Waals surface area contributed by atoms with Crippen molar-refractivity contribution in [3.8, 4) is 17.2 Å². The zero-order valence-electron chi connectivity index (χ0n) is 23.9. The molecule has 0 aliphatic rings. The van der Waals surface area contributed by atoms with Crippen molar-refractivity contribution in [1.82, 2.24) is 4.90 Å². The van der Waals surface area contributed by atoms with Gasteiger partial charge in [0, 0.05) is 18.1 Å². The van der Waals surface area contributed by atoms with Gasteiger partial charge in [0.25, 0.3) is 0 Å². The monoisotopic (exact) mass is 503 g/mol. The van der Waals surface area contributed by atoms with Crippen LogP contribution in [-0.4, -0.2) is 20.2 Å². The maximum Gasteiger partial charge on any atom is 0.115 e. The van der Waals surface area contributed by atoms with E-state index in [2.05, 4.69) is 67.2 Å². The Labute approximate surface area is 223 Å². The van der Waals surface area contributed by atoms with Crippen molar-refractivity contribution in [2.45, 2.75) is 80.4 Å². The Balaban J connectivity index is 2.43. The highest BCUT2D eigenvalue weighted by atomic mass is 16.3. The molecule has 37 heavy (non-hydrogen) atoms. The summed E-state index contributed by atoms with van der Waals surface area (Å²) in [5, 5.41) is 30.3. The van der Waals surface area contributed by atoms with Crippen LogP contribution in [0.1, 0.15) is 97.1 Å². The number of hydrogen-bond donors (Lipinski definition) is 3. The second-order valence-corrected chi connectivity index (χ2v) is 13.5. The van der Waals surface area contributed by atoms with Crippen molar-refractivity contribution in [2.24, 2.45) is 16.2 Å². The molecule has 0 aromatic heterocycles. The lowest BCUT2D eigenvalue weighted by Gasteiger charge is -2.55. The molecule has 3 aromatic rings. The topological polar surface area (TPSA) is 63.9 Å². The number of benzene rings is 3. The number of phenols is 3. The van der Waals surface area contributed by atoms with Gasteiger partial charge in [0.1, 0.15) is 17.2 Å². The summed E-state index contributed by atoms with van der Waals surface area (Å²) in [6, 6.07) is 22.7. The second-order valence-electron chi connectivity index (χ2n) is 13.5. The van der Waals surface area contributed by atoms with Crippen LogP contribution in [0.15, 0.2) is 72.8 Å². The van der Waals surface area contributed by atoms with Gasteiger partial charge in [-0.3, -0.25) is 4.90 Å². The van der Waals surface area contributed by atoms with E-state index in [1.54, 1.807) is 36.4 Å². The molecule has 0 radical (unpaired) electrons. The third-order valence-electron chi connectivity index (χ3n) is 6.98. The largest absolute Gasteiger partial charge is 0.508 e. The molecule has 3 aromatic carbocycles. The highest BCUT2D eigenvalue weighted by Gasteiger charge is 2.47. The molecule has 0 bridgehead atoms. The molecule has 3 N–H and O–H groups in total. The molecule has 0 spiro atoms. The van der Waals surface area contributed by atoms with E-state index in [1.807, 2.05) is 36.4 Å². The maximum atomic E-state index is 10.1. The number of hydrogen-bond acceptors (Lipinski definition) is 4. The molecule has 0 aliphatic heterocycles. The van der Waals surface area contributed by atoms with Crippen molar-refractivity contribution in [1.29, 1.82) is 0 Å². The smallest absolute Gasteiger partial charge is 0.115 e. The Kier molecular flexibility index (Phi) is 8.05. The van der Waals surface area contributed by atoms with Crippen LogP contribution in [0.4, 0.5) is 0 Å². The Morgan fingerprint density at radius 2 is 0.595 bits per heavy atom. The standard InChI is InChI=1S/C33H45NO3/c1-31(2,3)28(22-10-16-25(35)17-11-22)34(29(32(4,5)6)23-12-18-26(36)19-13-23)30(33(7,8)9)24-14-20-27(37)21-15-24/h10-21,28-30,35-37H,1-9H3. The lowest BCUT2D eigenvalue weighted by Crippen LogP contribution is -2.49. The summed E-state index contributed by atoms with van der Waals surface area (Å²) in [6.45, 7) is 20.4. The molecule has 200 valence electrons. The molecule has 0 saturated carbocycles. The molecular weight excluding hydrogens is 458 g/mol. The van der Waals surface area contributed by atoms with Crippen LogP contribution in [0.25, 0.3) is 0 Å². The van der Waals surface area contributed by atoms with Gasteiger partial charge < -0.3 is 15.3 Å². The lowest BCUT2D eigenvalue weighted by molar-refractivity contribution is -0.0625. The summed E-state index contributed by atoms with van der Waals surface area (Å²) in [5.74, 6) is 0.749. The predicted octanol–water partition coefficient (Wildman–Crippen LogP) is 8.77. The first kappa shape index (κ1) is 28.6. The average molecular weight is 504 g/mol. The SMILES string of the molecule is CC(C)(C)C(c1ccc(O)cc1)N(C(c1ccc(O)cc1)C(C)(C)C)C(c1ccc(O)cc1)C(C)(C)C. The fraction of sp³-hybridized carbons (Fsp3) is 0.455. The fourth-order valence-electron chi connectivity index (χ4n) is 5.78. The van der Waals surface area contributed by atoms with Crippen LogP contribution in [0.3, 0.4) is 0 Å². The van der Waals surface area contributed by atoms with Crippen LogP contribution in [0.5, 0.6) is 17.2 Å². The van der Waals surface area contributed by atoms with E-state index in [0.717, 1.165) is 16.7 Å². The van der Waals surface area contributed by atoms with E-state index in [1.165, 1.54) is 0 Å². The second kappa shape index (κ2) is 10.4. The number of rotatable bonds is 6.